The fourth-order valence-corrected chi connectivity index (χ4v) is 4.18. The summed E-state index contributed by atoms with van der Waals surface area (Å²) in [6, 6.07) is 0. The molecule has 0 unspecified atom stereocenters. The summed E-state index contributed by atoms with van der Waals surface area (Å²) in [7, 11) is 0. The molecule has 6 atom stereocenters. The molecular formula is C22H30O7. The topological polar surface area (TPSA) is 94.6 Å². The lowest BCUT2D eigenvalue weighted by molar-refractivity contribution is -0.303. The van der Waals surface area contributed by atoms with Crippen molar-refractivity contribution >= 4 is 11.9 Å². The van der Waals surface area contributed by atoms with Gasteiger partial charge in [-0.05, 0) is 52.0 Å². The summed E-state index contributed by atoms with van der Waals surface area (Å²) in [4.78, 5) is 28.7. The number of carbonyl (C=O) groups excluding carboxylic acids is 2. The van der Waals surface area contributed by atoms with Crippen LogP contribution in [-0.2, 0) is 28.7 Å². The smallest absolute Gasteiger partial charge is 0.334 e. The average molecular weight is 406 g/mol. The molecule has 2 saturated heterocycles. The molecule has 0 radical (unpaired) electrons. The maximum atomic E-state index is 12.3. The highest BCUT2D eigenvalue weighted by Crippen LogP contribution is 2.47. The number of hydrogen-bond acceptors (Lipinski definition) is 7. The number of fused-ring (bicyclic) bond motifs is 2. The zero-order chi connectivity index (χ0) is 21.4. The van der Waals surface area contributed by atoms with Crippen LogP contribution in [0, 0.1) is 5.92 Å². The van der Waals surface area contributed by atoms with Crippen molar-refractivity contribution in [3.05, 3.63) is 36.0 Å². The normalized spacial score (nSPS) is 40.2. The van der Waals surface area contributed by atoms with Gasteiger partial charge < -0.3 is 14.2 Å². The SMILES string of the molecule is C=C1C(=O)O[C@@H]2[C@@H]1C[C@@H]1O[C@@]1(C)CC=C[C@](C)(OO)CCC=C(C)[C@@H]2OC(C)=O. The molecule has 3 aliphatic rings. The minimum atomic E-state index is -0.838. The van der Waals surface area contributed by atoms with Gasteiger partial charge in [0.05, 0.1) is 11.7 Å². The first-order chi connectivity index (χ1) is 13.6. The molecule has 0 spiro atoms. The molecule has 0 aromatic rings. The van der Waals surface area contributed by atoms with E-state index in [4.69, 9.17) is 19.1 Å². The number of esters is 2. The number of hydrogen-bond donors (Lipinski definition) is 1. The second-order valence-corrected chi connectivity index (χ2v) is 8.68. The fourth-order valence-electron chi connectivity index (χ4n) is 4.18. The van der Waals surface area contributed by atoms with Gasteiger partial charge in [0.15, 0.2) is 6.10 Å². The van der Waals surface area contributed by atoms with Gasteiger partial charge in [0.1, 0.15) is 11.7 Å². The summed E-state index contributed by atoms with van der Waals surface area (Å²) in [6.07, 6.45) is 6.62. The Kier molecular flexibility index (Phi) is 6.03. The van der Waals surface area contributed by atoms with Gasteiger partial charge in [0.2, 0.25) is 0 Å². The van der Waals surface area contributed by atoms with Crippen LogP contribution >= 0.6 is 0 Å². The molecule has 0 aromatic carbocycles. The molecule has 2 fully saturated rings. The third-order valence-corrected chi connectivity index (χ3v) is 6.20. The predicted molar refractivity (Wildman–Crippen MR) is 105 cm³/mol. The first kappa shape index (κ1) is 21.7. The summed E-state index contributed by atoms with van der Waals surface area (Å²) < 4.78 is 17.1. The van der Waals surface area contributed by atoms with Gasteiger partial charge in [-0.1, -0.05) is 24.8 Å². The van der Waals surface area contributed by atoms with Crippen LogP contribution in [0.25, 0.3) is 0 Å². The first-order valence-corrected chi connectivity index (χ1v) is 10.0. The Balaban J connectivity index is 1.95. The Bertz CT molecular complexity index is 754. The van der Waals surface area contributed by atoms with Crippen molar-refractivity contribution in [2.75, 3.05) is 0 Å². The average Bonchev–Trinajstić information content (AvgIpc) is 3.21. The first-order valence-electron chi connectivity index (χ1n) is 10.0. The van der Waals surface area contributed by atoms with E-state index >= 15 is 0 Å². The molecular weight excluding hydrogens is 376 g/mol. The minimum Gasteiger partial charge on any atom is -0.454 e. The standard InChI is InChI=1S/C22H30O7/c1-13-8-6-9-21(4,29-25)10-7-11-22(5)17(28-22)12-16-14(2)20(24)27-19(16)18(13)26-15(3)23/h7-8,10,16-19,25H,2,6,9,11-12H2,1,3-5H3/t16-,17+,18+,19-,21-,22+/m1/s1. The van der Waals surface area contributed by atoms with Crippen LogP contribution in [-0.4, -0.2) is 46.7 Å². The summed E-state index contributed by atoms with van der Waals surface area (Å²) >= 11 is 0. The van der Waals surface area contributed by atoms with Crippen molar-refractivity contribution in [1.29, 1.82) is 0 Å². The number of carbonyl (C=O) groups is 2. The van der Waals surface area contributed by atoms with Gasteiger partial charge in [-0.15, -0.1) is 0 Å². The van der Waals surface area contributed by atoms with Crippen molar-refractivity contribution < 1.29 is 33.9 Å². The van der Waals surface area contributed by atoms with E-state index in [1.807, 2.05) is 32.1 Å². The third-order valence-electron chi connectivity index (χ3n) is 6.20. The van der Waals surface area contributed by atoms with Crippen LogP contribution in [0.4, 0.5) is 0 Å². The largest absolute Gasteiger partial charge is 0.454 e. The molecule has 7 heteroatoms. The number of allylic oxidation sites excluding steroid dienone is 1. The van der Waals surface area contributed by atoms with Gasteiger partial charge in [0.25, 0.3) is 0 Å². The lowest BCUT2D eigenvalue weighted by atomic mass is 9.84. The zero-order valence-electron chi connectivity index (χ0n) is 17.5. The second-order valence-electron chi connectivity index (χ2n) is 8.68. The van der Waals surface area contributed by atoms with Crippen molar-refractivity contribution in [3.8, 4) is 0 Å². The maximum Gasteiger partial charge on any atom is 0.334 e. The highest BCUT2D eigenvalue weighted by molar-refractivity contribution is 5.91. The van der Waals surface area contributed by atoms with E-state index < -0.39 is 29.7 Å². The Labute approximate surface area is 171 Å². The summed E-state index contributed by atoms with van der Waals surface area (Å²) in [5.41, 5.74) is -0.0370. The number of rotatable bonds is 2. The van der Waals surface area contributed by atoms with E-state index in [0.717, 1.165) is 5.57 Å². The lowest BCUT2D eigenvalue weighted by Gasteiger charge is -2.28. The third kappa shape index (κ3) is 4.63. The van der Waals surface area contributed by atoms with Gasteiger partial charge in [-0.3, -0.25) is 10.1 Å². The zero-order valence-corrected chi connectivity index (χ0v) is 17.5. The van der Waals surface area contributed by atoms with E-state index in [1.165, 1.54) is 6.92 Å². The van der Waals surface area contributed by atoms with E-state index in [-0.39, 0.29) is 17.6 Å². The Morgan fingerprint density at radius 2 is 2.10 bits per heavy atom. The van der Waals surface area contributed by atoms with E-state index in [1.54, 1.807) is 6.92 Å². The summed E-state index contributed by atoms with van der Waals surface area (Å²) in [6.45, 7) is 10.9. The molecule has 160 valence electrons. The Hall–Kier alpha value is -1.96. The van der Waals surface area contributed by atoms with Crippen LogP contribution in [0.5, 0.6) is 0 Å². The van der Waals surface area contributed by atoms with Crippen molar-refractivity contribution in [3.63, 3.8) is 0 Å². The van der Waals surface area contributed by atoms with Crippen LogP contribution in [0.3, 0.4) is 0 Å². The van der Waals surface area contributed by atoms with E-state index in [2.05, 4.69) is 6.58 Å². The molecule has 1 N–H and O–H groups in total. The summed E-state index contributed by atoms with van der Waals surface area (Å²) in [5, 5.41) is 9.37. The van der Waals surface area contributed by atoms with Crippen LogP contribution in [0.15, 0.2) is 36.0 Å². The van der Waals surface area contributed by atoms with Crippen LogP contribution < -0.4 is 0 Å². The Morgan fingerprint density at radius 1 is 1.38 bits per heavy atom. The minimum absolute atomic E-state index is 0.0718. The predicted octanol–water partition coefficient (Wildman–Crippen LogP) is 3.50. The Morgan fingerprint density at radius 3 is 2.76 bits per heavy atom. The monoisotopic (exact) mass is 406 g/mol. The molecule has 2 aliphatic heterocycles. The molecule has 3 rings (SSSR count). The van der Waals surface area contributed by atoms with Crippen molar-refractivity contribution in [1.82, 2.24) is 0 Å². The molecule has 0 bridgehead atoms. The highest BCUT2D eigenvalue weighted by Gasteiger charge is 2.56. The fraction of sp³-hybridized carbons (Fsp3) is 0.636. The number of ether oxygens (including phenoxy) is 3. The van der Waals surface area contributed by atoms with Crippen LogP contribution in [0.1, 0.15) is 53.4 Å². The molecule has 0 aromatic heterocycles. The molecule has 29 heavy (non-hydrogen) atoms. The lowest BCUT2D eigenvalue weighted by Crippen LogP contribution is -2.37. The molecule has 0 saturated carbocycles. The molecule has 7 nitrogen and oxygen atoms in total. The van der Waals surface area contributed by atoms with Crippen molar-refractivity contribution in [2.24, 2.45) is 5.92 Å². The van der Waals surface area contributed by atoms with Crippen LogP contribution in [0.2, 0.25) is 0 Å². The van der Waals surface area contributed by atoms with E-state index in [9.17, 15) is 14.8 Å². The highest BCUT2D eigenvalue weighted by atomic mass is 17.1. The van der Waals surface area contributed by atoms with Gasteiger partial charge in [-0.2, -0.15) is 0 Å². The molecule has 0 amide bonds. The maximum absolute atomic E-state index is 12.3. The summed E-state index contributed by atoms with van der Waals surface area (Å²) in [5.74, 6) is -1.20. The molecule has 1 aliphatic carbocycles. The van der Waals surface area contributed by atoms with Gasteiger partial charge >= 0.3 is 11.9 Å². The quantitative estimate of drug-likeness (QED) is 0.187. The van der Waals surface area contributed by atoms with Crippen molar-refractivity contribution in [2.45, 2.75) is 82.9 Å². The second kappa shape index (κ2) is 8.05. The van der Waals surface area contributed by atoms with E-state index in [0.29, 0.717) is 31.3 Å². The van der Waals surface area contributed by atoms with Gasteiger partial charge in [0, 0.05) is 18.4 Å². The van der Waals surface area contributed by atoms with Gasteiger partial charge in [-0.25, -0.2) is 9.68 Å². The molecule has 2 heterocycles. The number of epoxide rings is 1.